The average Bonchev–Trinajstić information content (AvgIpc) is 2.75. The largest absolute Gasteiger partial charge is 0.481 e. The van der Waals surface area contributed by atoms with Crippen LogP contribution in [0.2, 0.25) is 5.02 Å². The molecule has 2 atom stereocenters. The van der Waals surface area contributed by atoms with E-state index in [1.54, 1.807) is 0 Å². The van der Waals surface area contributed by atoms with Crippen molar-refractivity contribution in [2.45, 2.75) is 12.5 Å². The van der Waals surface area contributed by atoms with Crippen molar-refractivity contribution in [2.75, 3.05) is 6.54 Å². The summed E-state index contributed by atoms with van der Waals surface area (Å²) in [5.41, 5.74) is -0.412. The number of carboxylic acid groups (broad SMARTS) is 1. The Bertz CT molecular complexity index is 510. The molecular weight excluding hydrogens is 271 g/mol. The second-order valence-corrected chi connectivity index (χ2v) is 4.49. The summed E-state index contributed by atoms with van der Waals surface area (Å²) in [6, 6.07) is -0.319. The van der Waals surface area contributed by atoms with Gasteiger partial charge in [-0.3, -0.25) is 4.79 Å². The molecule has 0 aromatic heterocycles. The Morgan fingerprint density at radius 3 is 2.61 bits per heavy atom. The summed E-state index contributed by atoms with van der Waals surface area (Å²) in [5, 5.41) is 10.7. The van der Waals surface area contributed by atoms with Crippen molar-refractivity contribution >= 4 is 17.6 Å². The topological polar surface area (TPSA) is 49.3 Å². The van der Waals surface area contributed by atoms with Crippen LogP contribution >= 0.6 is 11.6 Å². The molecule has 2 unspecified atom stereocenters. The quantitative estimate of drug-likeness (QED) is 0.646. The third-order valence-corrected chi connectivity index (χ3v) is 3.32. The number of nitrogens with one attached hydrogen (secondary N) is 1. The van der Waals surface area contributed by atoms with Gasteiger partial charge in [0.1, 0.15) is 16.7 Å². The van der Waals surface area contributed by atoms with Gasteiger partial charge in [-0.2, -0.15) is 0 Å². The molecule has 18 heavy (non-hydrogen) atoms. The maximum atomic E-state index is 13.7. The third kappa shape index (κ3) is 2.18. The summed E-state index contributed by atoms with van der Waals surface area (Å²) in [4.78, 5) is 10.8. The molecule has 0 amide bonds. The molecule has 98 valence electrons. The molecule has 0 spiro atoms. The van der Waals surface area contributed by atoms with Crippen molar-refractivity contribution in [3.05, 3.63) is 34.1 Å². The number of benzene rings is 1. The summed E-state index contributed by atoms with van der Waals surface area (Å²) < 4.78 is 40.2. The van der Waals surface area contributed by atoms with E-state index in [4.69, 9.17) is 16.7 Å². The predicted octanol–water partition coefficient (Wildman–Crippen LogP) is 2.49. The number of rotatable bonds is 2. The molecule has 1 aromatic carbocycles. The Morgan fingerprint density at radius 2 is 2.06 bits per heavy atom. The van der Waals surface area contributed by atoms with Crippen LogP contribution in [0.15, 0.2) is 6.07 Å². The molecule has 7 heteroatoms. The van der Waals surface area contributed by atoms with Crippen molar-refractivity contribution in [1.82, 2.24) is 5.32 Å². The van der Waals surface area contributed by atoms with Crippen LogP contribution in [-0.2, 0) is 4.79 Å². The highest BCUT2D eigenvalue weighted by atomic mass is 35.5. The van der Waals surface area contributed by atoms with Crippen molar-refractivity contribution < 1.29 is 23.1 Å². The molecule has 1 heterocycles. The SMILES string of the molecule is O=C(O)C1CNC(c2c(F)cc(F)c(Cl)c2F)C1. The van der Waals surface area contributed by atoms with E-state index in [9.17, 15) is 18.0 Å². The van der Waals surface area contributed by atoms with Gasteiger partial charge in [-0.25, -0.2) is 13.2 Å². The second kappa shape index (κ2) is 4.78. The van der Waals surface area contributed by atoms with E-state index in [1.165, 1.54) is 0 Å². The fourth-order valence-corrected chi connectivity index (χ4v) is 2.20. The Balaban J connectivity index is 2.36. The first-order valence-corrected chi connectivity index (χ1v) is 5.58. The molecule has 1 aromatic rings. The van der Waals surface area contributed by atoms with Crippen molar-refractivity contribution in [3.63, 3.8) is 0 Å². The summed E-state index contributed by atoms with van der Waals surface area (Å²) >= 11 is 5.37. The Morgan fingerprint density at radius 1 is 1.39 bits per heavy atom. The molecule has 0 saturated carbocycles. The zero-order chi connectivity index (χ0) is 13.4. The number of aliphatic carboxylic acids is 1. The zero-order valence-electron chi connectivity index (χ0n) is 9.01. The fourth-order valence-electron chi connectivity index (χ4n) is 2.04. The molecule has 0 bridgehead atoms. The van der Waals surface area contributed by atoms with E-state index in [0.29, 0.717) is 6.07 Å². The lowest BCUT2D eigenvalue weighted by atomic mass is 9.99. The summed E-state index contributed by atoms with van der Waals surface area (Å²) in [5.74, 6) is -5.20. The summed E-state index contributed by atoms with van der Waals surface area (Å²) in [6.45, 7) is 0.105. The molecule has 1 aliphatic heterocycles. The van der Waals surface area contributed by atoms with Gasteiger partial charge in [0.15, 0.2) is 5.82 Å². The van der Waals surface area contributed by atoms with Crippen LogP contribution in [-0.4, -0.2) is 17.6 Å². The Hall–Kier alpha value is -1.27. The van der Waals surface area contributed by atoms with Gasteiger partial charge in [-0.15, -0.1) is 0 Å². The van der Waals surface area contributed by atoms with Gasteiger partial charge < -0.3 is 10.4 Å². The first kappa shape index (κ1) is 13.2. The fraction of sp³-hybridized carbons (Fsp3) is 0.364. The van der Waals surface area contributed by atoms with Crippen LogP contribution in [0.3, 0.4) is 0 Å². The van der Waals surface area contributed by atoms with Crippen LogP contribution in [0.4, 0.5) is 13.2 Å². The molecule has 0 aliphatic carbocycles. The first-order chi connectivity index (χ1) is 8.41. The predicted molar refractivity (Wildman–Crippen MR) is 57.8 cm³/mol. The van der Waals surface area contributed by atoms with E-state index >= 15 is 0 Å². The molecule has 1 saturated heterocycles. The lowest BCUT2D eigenvalue weighted by Crippen LogP contribution is -2.18. The number of hydrogen-bond acceptors (Lipinski definition) is 2. The highest BCUT2D eigenvalue weighted by Gasteiger charge is 2.34. The van der Waals surface area contributed by atoms with Gasteiger partial charge in [-0.1, -0.05) is 11.6 Å². The highest BCUT2D eigenvalue weighted by Crippen LogP contribution is 2.34. The average molecular weight is 280 g/mol. The van der Waals surface area contributed by atoms with Crippen molar-refractivity contribution in [3.8, 4) is 0 Å². The standard InChI is InChI=1S/C11H9ClF3NO2/c12-9-6(14)2-5(13)8(10(9)15)7-1-4(3-16-7)11(17)18/h2,4,7,16H,1,3H2,(H,17,18). The zero-order valence-corrected chi connectivity index (χ0v) is 9.77. The third-order valence-electron chi connectivity index (χ3n) is 2.98. The van der Waals surface area contributed by atoms with Crippen LogP contribution in [0.25, 0.3) is 0 Å². The molecule has 2 rings (SSSR count). The molecule has 0 radical (unpaired) electrons. The van der Waals surface area contributed by atoms with Gasteiger partial charge in [0.25, 0.3) is 0 Å². The minimum Gasteiger partial charge on any atom is -0.481 e. The Kier molecular flexibility index (Phi) is 3.49. The van der Waals surface area contributed by atoms with Crippen LogP contribution in [0, 0.1) is 23.4 Å². The molecule has 2 N–H and O–H groups in total. The molecule has 3 nitrogen and oxygen atoms in total. The minimum absolute atomic E-state index is 0.0329. The molecule has 1 fully saturated rings. The van der Waals surface area contributed by atoms with Crippen LogP contribution in [0.5, 0.6) is 0 Å². The number of carbonyl (C=O) groups is 1. The van der Waals surface area contributed by atoms with Gasteiger partial charge in [0.2, 0.25) is 0 Å². The van der Waals surface area contributed by atoms with E-state index in [2.05, 4.69) is 5.32 Å². The lowest BCUT2D eigenvalue weighted by Gasteiger charge is -2.14. The number of halogens is 4. The van der Waals surface area contributed by atoms with Gasteiger partial charge in [0.05, 0.1) is 5.92 Å². The smallest absolute Gasteiger partial charge is 0.307 e. The van der Waals surface area contributed by atoms with Crippen LogP contribution < -0.4 is 5.32 Å². The van der Waals surface area contributed by atoms with Crippen molar-refractivity contribution in [1.29, 1.82) is 0 Å². The maximum Gasteiger partial charge on any atom is 0.307 e. The minimum atomic E-state index is -1.18. The number of hydrogen-bond donors (Lipinski definition) is 2. The lowest BCUT2D eigenvalue weighted by molar-refractivity contribution is -0.141. The second-order valence-electron chi connectivity index (χ2n) is 4.11. The summed E-state index contributed by atoms with van der Waals surface area (Å²) in [6.07, 6.45) is 0.0329. The van der Waals surface area contributed by atoms with E-state index < -0.39 is 46.0 Å². The molecular formula is C11H9ClF3NO2. The van der Waals surface area contributed by atoms with E-state index in [-0.39, 0.29) is 13.0 Å². The normalized spacial score (nSPS) is 23.3. The van der Waals surface area contributed by atoms with Crippen LogP contribution in [0.1, 0.15) is 18.0 Å². The Labute approximate surface area is 106 Å². The summed E-state index contributed by atoms with van der Waals surface area (Å²) in [7, 11) is 0. The molecule has 1 aliphatic rings. The highest BCUT2D eigenvalue weighted by molar-refractivity contribution is 6.31. The van der Waals surface area contributed by atoms with Gasteiger partial charge in [0, 0.05) is 24.2 Å². The van der Waals surface area contributed by atoms with Crippen molar-refractivity contribution in [2.24, 2.45) is 5.92 Å². The van der Waals surface area contributed by atoms with E-state index in [1.807, 2.05) is 0 Å². The van der Waals surface area contributed by atoms with Gasteiger partial charge in [-0.05, 0) is 6.42 Å². The monoisotopic (exact) mass is 279 g/mol. The number of carboxylic acids is 1. The first-order valence-electron chi connectivity index (χ1n) is 5.21. The van der Waals surface area contributed by atoms with E-state index in [0.717, 1.165) is 0 Å². The van der Waals surface area contributed by atoms with Gasteiger partial charge >= 0.3 is 5.97 Å². The maximum absolute atomic E-state index is 13.7.